The van der Waals surface area contributed by atoms with Crippen LogP contribution in [0.1, 0.15) is 17.3 Å². The molecule has 2 aromatic carbocycles. The summed E-state index contributed by atoms with van der Waals surface area (Å²) in [7, 11) is 5.23. The molecular formula is C22H19ClN2O3. The van der Waals surface area contributed by atoms with Gasteiger partial charge in [0.1, 0.15) is 11.4 Å². The number of pyridine rings is 1. The second kappa shape index (κ2) is 6.53. The van der Waals surface area contributed by atoms with Gasteiger partial charge < -0.3 is 9.30 Å². The number of ether oxygens (including phenoxy) is 1. The standard InChI is InChI=1S/C22H19ClN2O3/c1-12(26)13-5-8-20-16(9-13)17-11-18(22(27)25(3)21(17)24(20)2)15-7-6-14(28-4)10-19(15)23/h5-11H,1-4H3. The summed E-state index contributed by atoms with van der Waals surface area (Å²) in [5.41, 5.74) is 3.38. The number of carbonyl (C=O) groups is 1. The highest BCUT2D eigenvalue weighted by Crippen LogP contribution is 2.34. The number of aromatic nitrogens is 2. The average molecular weight is 395 g/mol. The van der Waals surface area contributed by atoms with Crippen molar-refractivity contribution in [3.63, 3.8) is 0 Å². The van der Waals surface area contributed by atoms with Gasteiger partial charge in [0.15, 0.2) is 5.78 Å². The Morgan fingerprint density at radius 2 is 1.71 bits per heavy atom. The van der Waals surface area contributed by atoms with Gasteiger partial charge in [-0.15, -0.1) is 0 Å². The molecule has 0 aliphatic rings. The highest BCUT2D eigenvalue weighted by Gasteiger charge is 2.18. The Balaban J connectivity index is 2.11. The fraction of sp³-hybridized carbons (Fsp3) is 0.182. The Labute approximate surface area is 166 Å². The Bertz CT molecular complexity index is 1330. The van der Waals surface area contributed by atoms with Gasteiger partial charge >= 0.3 is 0 Å². The lowest BCUT2D eigenvalue weighted by Crippen LogP contribution is -2.20. The van der Waals surface area contributed by atoms with Crippen LogP contribution < -0.4 is 10.3 Å². The molecule has 0 spiro atoms. The van der Waals surface area contributed by atoms with E-state index in [1.165, 1.54) is 0 Å². The van der Waals surface area contributed by atoms with E-state index in [4.69, 9.17) is 16.3 Å². The maximum Gasteiger partial charge on any atom is 0.259 e. The van der Waals surface area contributed by atoms with E-state index < -0.39 is 0 Å². The molecule has 2 heterocycles. The molecule has 2 aromatic heterocycles. The fourth-order valence-corrected chi connectivity index (χ4v) is 4.02. The van der Waals surface area contributed by atoms with Gasteiger partial charge in [-0.25, -0.2) is 0 Å². The third-order valence-electron chi connectivity index (χ3n) is 5.22. The summed E-state index contributed by atoms with van der Waals surface area (Å²) in [6.07, 6.45) is 0. The minimum Gasteiger partial charge on any atom is -0.497 e. The second-order valence-electron chi connectivity index (χ2n) is 6.85. The summed E-state index contributed by atoms with van der Waals surface area (Å²) in [4.78, 5) is 25.0. The Morgan fingerprint density at radius 1 is 0.964 bits per heavy atom. The van der Waals surface area contributed by atoms with E-state index in [1.54, 1.807) is 43.8 Å². The van der Waals surface area contributed by atoms with Crippen LogP contribution in [-0.2, 0) is 14.1 Å². The van der Waals surface area contributed by atoms with Gasteiger partial charge in [0.2, 0.25) is 0 Å². The van der Waals surface area contributed by atoms with Crippen molar-refractivity contribution in [2.75, 3.05) is 7.11 Å². The number of carbonyl (C=O) groups excluding carboxylic acids is 1. The van der Waals surface area contributed by atoms with Gasteiger partial charge in [0, 0.05) is 41.6 Å². The summed E-state index contributed by atoms with van der Waals surface area (Å²) >= 11 is 6.43. The number of fused-ring (bicyclic) bond motifs is 3. The molecule has 0 N–H and O–H groups in total. The molecule has 0 radical (unpaired) electrons. The molecule has 0 unspecified atom stereocenters. The summed E-state index contributed by atoms with van der Waals surface area (Å²) in [6.45, 7) is 1.55. The highest BCUT2D eigenvalue weighted by atomic mass is 35.5. The van der Waals surface area contributed by atoms with Gasteiger partial charge in [-0.05, 0) is 49.4 Å². The van der Waals surface area contributed by atoms with E-state index in [2.05, 4.69) is 0 Å². The van der Waals surface area contributed by atoms with Crippen LogP contribution in [0.5, 0.6) is 5.75 Å². The predicted octanol–water partition coefficient (Wildman–Crippen LogP) is 4.56. The highest BCUT2D eigenvalue weighted by molar-refractivity contribution is 6.33. The van der Waals surface area contributed by atoms with Crippen molar-refractivity contribution in [3.05, 3.63) is 63.4 Å². The number of aryl methyl sites for hydroxylation is 2. The number of nitrogens with zero attached hydrogens (tertiary/aromatic N) is 2. The van der Waals surface area contributed by atoms with E-state index >= 15 is 0 Å². The summed E-state index contributed by atoms with van der Waals surface area (Å²) in [6, 6.07) is 12.7. The molecule has 0 aliphatic heterocycles. The molecule has 142 valence electrons. The molecule has 0 bridgehead atoms. The first kappa shape index (κ1) is 18.3. The molecule has 6 heteroatoms. The van der Waals surface area contributed by atoms with Crippen LogP contribution in [-0.4, -0.2) is 22.0 Å². The van der Waals surface area contributed by atoms with Crippen LogP contribution in [0, 0.1) is 0 Å². The van der Waals surface area contributed by atoms with Gasteiger partial charge in [-0.2, -0.15) is 0 Å². The lowest BCUT2D eigenvalue weighted by molar-refractivity contribution is 0.101. The van der Waals surface area contributed by atoms with Gasteiger partial charge in [0.05, 0.1) is 17.6 Å². The molecule has 0 atom stereocenters. The fourth-order valence-electron chi connectivity index (χ4n) is 3.74. The van der Waals surface area contributed by atoms with Crippen LogP contribution in [0.15, 0.2) is 47.3 Å². The molecule has 0 saturated heterocycles. The molecule has 0 fully saturated rings. The lowest BCUT2D eigenvalue weighted by Gasteiger charge is -2.10. The molecule has 0 saturated carbocycles. The quantitative estimate of drug-likeness (QED) is 0.478. The van der Waals surface area contributed by atoms with Crippen LogP contribution >= 0.6 is 11.6 Å². The maximum atomic E-state index is 13.1. The van der Waals surface area contributed by atoms with E-state index in [1.807, 2.05) is 35.9 Å². The summed E-state index contributed by atoms with van der Waals surface area (Å²) in [5, 5.41) is 2.26. The third kappa shape index (κ3) is 2.62. The number of hydrogen-bond acceptors (Lipinski definition) is 3. The smallest absolute Gasteiger partial charge is 0.259 e. The van der Waals surface area contributed by atoms with Crippen LogP contribution in [0.2, 0.25) is 5.02 Å². The van der Waals surface area contributed by atoms with Gasteiger partial charge in [-0.1, -0.05) is 11.6 Å². The van der Waals surface area contributed by atoms with Crippen molar-refractivity contribution in [2.45, 2.75) is 6.92 Å². The topological polar surface area (TPSA) is 53.2 Å². The summed E-state index contributed by atoms with van der Waals surface area (Å²) in [5.74, 6) is 0.630. The molecule has 4 rings (SSSR count). The van der Waals surface area contributed by atoms with Crippen molar-refractivity contribution >= 4 is 39.3 Å². The minimum atomic E-state index is -0.141. The lowest BCUT2D eigenvalue weighted by atomic mass is 10.0. The van der Waals surface area contributed by atoms with Crippen molar-refractivity contribution < 1.29 is 9.53 Å². The van der Waals surface area contributed by atoms with Crippen molar-refractivity contribution in [3.8, 4) is 16.9 Å². The minimum absolute atomic E-state index is 0.00199. The SMILES string of the molecule is COc1ccc(-c2cc3c4cc(C(C)=O)ccc4n(C)c3n(C)c2=O)c(Cl)c1. The Morgan fingerprint density at radius 3 is 2.36 bits per heavy atom. The van der Waals surface area contributed by atoms with Crippen molar-refractivity contribution in [1.29, 1.82) is 0 Å². The number of Topliss-reactive ketones (excluding diaryl/α,β-unsaturated/α-hetero) is 1. The van der Waals surface area contributed by atoms with Crippen LogP contribution in [0.25, 0.3) is 33.1 Å². The molecule has 0 aliphatic carbocycles. The number of ketones is 1. The monoisotopic (exact) mass is 394 g/mol. The second-order valence-corrected chi connectivity index (χ2v) is 7.26. The zero-order valence-electron chi connectivity index (χ0n) is 16.0. The van der Waals surface area contributed by atoms with E-state index in [-0.39, 0.29) is 11.3 Å². The predicted molar refractivity (Wildman–Crippen MR) is 113 cm³/mol. The van der Waals surface area contributed by atoms with E-state index in [0.717, 1.165) is 21.9 Å². The first-order valence-electron chi connectivity index (χ1n) is 8.80. The zero-order chi connectivity index (χ0) is 20.2. The van der Waals surface area contributed by atoms with E-state index in [9.17, 15) is 9.59 Å². The van der Waals surface area contributed by atoms with E-state index in [0.29, 0.717) is 27.5 Å². The van der Waals surface area contributed by atoms with Gasteiger partial charge in [0.25, 0.3) is 5.56 Å². The number of hydrogen-bond donors (Lipinski definition) is 0. The number of rotatable bonds is 3. The molecular weight excluding hydrogens is 376 g/mol. The Kier molecular flexibility index (Phi) is 4.27. The molecule has 0 amide bonds. The largest absolute Gasteiger partial charge is 0.497 e. The number of methoxy groups -OCH3 is 1. The maximum absolute atomic E-state index is 13.1. The first-order chi connectivity index (χ1) is 13.3. The van der Waals surface area contributed by atoms with Crippen molar-refractivity contribution in [1.82, 2.24) is 9.13 Å². The molecule has 5 nitrogen and oxygen atoms in total. The summed E-state index contributed by atoms with van der Waals surface area (Å²) < 4.78 is 8.79. The normalized spacial score (nSPS) is 11.3. The van der Waals surface area contributed by atoms with Crippen LogP contribution in [0.4, 0.5) is 0 Å². The third-order valence-corrected chi connectivity index (χ3v) is 5.53. The molecule has 4 aromatic rings. The Hall–Kier alpha value is -3.05. The number of halogens is 1. The average Bonchev–Trinajstić information content (AvgIpc) is 2.96. The number of benzene rings is 2. The van der Waals surface area contributed by atoms with Crippen molar-refractivity contribution in [2.24, 2.45) is 14.1 Å². The van der Waals surface area contributed by atoms with Gasteiger partial charge in [-0.3, -0.25) is 14.2 Å². The first-order valence-corrected chi connectivity index (χ1v) is 9.18. The zero-order valence-corrected chi connectivity index (χ0v) is 16.8. The molecule has 28 heavy (non-hydrogen) atoms. The van der Waals surface area contributed by atoms with Crippen LogP contribution in [0.3, 0.4) is 0 Å².